The molecule has 0 saturated carbocycles. The van der Waals surface area contributed by atoms with Crippen molar-refractivity contribution in [1.29, 1.82) is 0 Å². The van der Waals surface area contributed by atoms with Crippen LogP contribution in [0.1, 0.15) is 22.3 Å². The van der Waals surface area contributed by atoms with Crippen LogP contribution in [0.4, 0.5) is 0 Å². The number of aromatic nitrogens is 3. The molecule has 0 fully saturated rings. The highest BCUT2D eigenvalue weighted by Crippen LogP contribution is 2.58. The normalized spacial score (nSPS) is 12.6. The van der Waals surface area contributed by atoms with Gasteiger partial charge in [0.15, 0.2) is 11.4 Å². The number of pyridine rings is 1. The second kappa shape index (κ2) is 14.5. The molecule has 3 aromatic heterocycles. The smallest absolute Gasteiger partial charge is 0.161 e. The predicted octanol–water partition coefficient (Wildman–Crippen LogP) is 14.5. The fourth-order valence-electron chi connectivity index (χ4n) is 9.76. The quantitative estimate of drug-likeness (QED) is 0.161. The lowest BCUT2D eigenvalue weighted by Crippen LogP contribution is -2.28. The van der Waals surface area contributed by atoms with Crippen LogP contribution in [0.15, 0.2) is 229 Å². The molecule has 4 nitrogen and oxygen atoms in total. The molecule has 1 aliphatic carbocycles. The van der Waals surface area contributed by atoms with E-state index in [1.165, 1.54) is 33.4 Å². The molecule has 4 heteroatoms. The summed E-state index contributed by atoms with van der Waals surface area (Å²) in [5, 5.41) is 0.992. The zero-order valence-electron chi connectivity index (χ0n) is 33.6. The monoisotopic (exact) mass is 791 g/mol. The zero-order chi connectivity index (χ0) is 41.0. The van der Waals surface area contributed by atoms with E-state index in [1.54, 1.807) is 0 Å². The lowest BCUT2D eigenvalue weighted by molar-refractivity contribution is 0.669. The van der Waals surface area contributed by atoms with Crippen LogP contribution in [0.3, 0.4) is 0 Å². The summed E-state index contributed by atoms with van der Waals surface area (Å²) in [7, 11) is 0. The van der Waals surface area contributed by atoms with E-state index in [1.807, 2.05) is 42.6 Å². The van der Waals surface area contributed by atoms with Gasteiger partial charge in [0, 0.05) is 33.8 Å². The fourth-order valence-corrected chi connectivity index (χ4v) is 9.76. The van der Waals surface area contributed by atoms with Gasteiger partial charge in [-0.3, -0.25) is 4.98 Å². The molecule has 0 radical (unpaired) electrons. The molecule has 1 aliphatic rings. The molecular weight excluding hydrogens is 755 g/mol. The van der Waals surface area contributed by atoms with Crippen molar-refractivity contribution in [3.8, 4) is 67.3 Å². The molecule has 3 heterocycles. The summed E-state index contributed by atoms with van der Waals surface area (Å²) >= 11 is 0. The van der Waals surface area contributed by atoms with Crippen LogP contribution in [0.25, 0.3) is 89.4 Å². The SMILES string of the molecule is c1ccc(-c2cc(-c3ccccc3)nc(-c3cc(-c4ccnc5c4oc4ccccc45)ccc3-c3cccc4c3-c3ccccc3C4(c3ccccc3)c3ccccc3)n2)cc1. The largest absolute Gasteiger partial charge is 0.454 e. The molecule has 0 N–H and O–H groups in total. The van der Waals surface area contributed by atoms with Gasteiger partial charge in [-0.1, -0.05) is 188 Å². The Hall–Kier alpha value is -8.21. The molecule has 0 spiro atoms. The lowest BCUT2D eigenvalue weighted by atomic mass is 9.67. The second-order valence-electron chi connectivity index (χ2n) is 15.8. The Kier molecular flexibility index (Phi) is 8.36. The van der Waals surface area contributed by atoms with Crippen molar-refractivity contribution in [3.63, 3.8) is 0 Å². The summed E-state index contributed by atoms with van der Waals surface area (Å²) < 4.78 is 6.57. The van der Waals surface area contributed by atoms with Crippen molar-refractivity contribution in [3.05, 3.63) is 247 Å². The van der Waals surface area contributed by atoms with Crippen LogP contribution in [0.2, 0.25) is 0 Å². The van der Waals surface area contributed by atoms with E-state index < -0.39 is 5.41 Å². The molecule has 0 amide bonds. The Labute approximate surface area is 359 Å². The first-order valence-corrected chi connectivity index (χ1v) is 21.0. The Morgan fingerprint density at radius 2 is 0.968 bits per heavy atom. The van der Waals surface area contributed by atoms with Gasteiger partial charge in [-0.05, 0) is 80.4 Å². The summed E-state index contributed by atoms with van der Waals surface area (Å²) in [6, 6.07) is 77.4. The average Bonchev–Trinajstić information content (AvgIpc) is 3.89. The molecular formula is C58H37N3O. The highest BCUT2D eigenvalue weighted by atomic mass is 16.3. The van der Waals surface area contributed by atoms with E-state index in [-0.39, 0.29) is 0 Å². The van der Waals surface area contributed by atoms with E-state index >= 15 is 0 Å². The standard InChI is InChI=1S/C58H37N3O/c1-5-18-38(19-6-1)51-37-52(39-20-7-2-8-21-39)61-57(60-51)48-36-40(43-34-35-59-55-47-27-14-16-31-53(47)62-56(43)55)32-33-44(48)45-28-17-30-50-54(45)46-26-13-15-29-49(46)58(50,41-22-9-3-10-23-41)42-24-11-4-12-25-42/h1-37H. The highest BCUT2D eigenvalue weighted by Gasteiger charge is 2.46. The number of hydrogen-bond donors (Lipinski definition) is 0. The molecule has 0 saturated heterocycles. The fraction of sp³-hybridized carbons (Fsp3) is 0.0172. The van der Waals surface area contributed by atoms with Crippen LogP contribution in [0, 0.1) is 0 Å². The Balaban J connectivity index is 1.17. The van der Waals surface area contributed by atoms with Gasteiger partial charge in [0.1, 0.15) is 11.1 Å². The van der Waals surface area contributed by atoms with Crippen LogP contribution < -0.4 is 0 Å². The minimum Gasteiger partial charge on any atom is -0.454 e. The zero-order valence-corrected chi connectivity index (χ0v) is 33.6. The van der Waals surface area contributed by atoms with Crippen molar-refractivity contribution in [1.82, 2.24) is 15.0 Å². The van der Waals surface area contributed by atoms with Gasteiger partial charge < -0.3 is 4.42 Å². The first kappa shape index (κ1) is 35.7. The minimum atomic E-state index is -0.543. The summed E-state index contributed by atoms with van der Waals surface area (Å²) in [5.41, 5.74) is 18.0. The van der Waals surface area contributed by atoms with E-state index in [0.717, 1.165) is 72.4 Å². The van der Waals surface area contributed by atoms with Crippen molar-refractivity contribution < 1.29 is 4.42 Å². The number of fused-ring (bicyclic) bond motifs is 6. The molecule has 8 aromatic carbocycles. The minimum absolute atomic E-state index is 0.543. The Morgan fingerprint density at radius 3 is 1.66 bits per heavy atom. The molecule has 290 valence electrons. The molecule has 62 heavy (non-hydrogen) atoms. The van der Waals surface area contributed by atoms with Gasteiger partial charge >= 0.3 is 0 Å². The third kappa shape index (κ3) is 5.58. The molecule has 0 atom stereocenters. The summed E-state index contributed by atoms with van der Waals surface area (Å²) in [5.74, 6) is 0.637. The van der Waals surface area contributed by atoms with Crippen LogP contribution in [0.5, 0.6) is 0 Å². The summed E-state index contributed by atoms with van der Waals surface area (Å²) in [6.45, 7) is 0. The van der Waals surface area contributed by atoms with Crippen molar-refractivity contribution in [2.24, 2.45) is 0 Å². The maximum absolute atomic E-state index is 6.57. The van der Waals surface area contributed by atoms with Crippen LogP contribution >= 0.6 is 0 Å². The third-order valence-corrected chi connectivity index (χ3v) is 12.5. The highest BCUT2D eigenvalue weighted by molar-refractivity contribution is 6.08. The molecule has 11 aromatic rings. The molecule has 0 bridgehead atoms. The van der Waals surface area contributed by atoms with Crippen molar-refractivity contribution >= 4 is 22.1 Å². The van der Waals surface area contributed by atoms with Crippen LogP contribution in [-0.2, 0) is 5.41 Å². The molecule has 0 unspecified atom stereocenters. The number of para-hydroxylation sites is 1. The van der Waals surface area contributed by atoms with Gasteiger partial charge in [0.25, 0.3) is 0 Å². The number of rotatable bonds is 7. The van der Waals surface area contributed by atoms with Crippen LogP contribution in [-0.4, -0.2) is 15.0 Å². The average molecular weight is 792 g/mol. The molecule has 12 rings (SSSR count). The Bertz CT molecular complexity index is 3350. The topological polar surface area (TPSA) is 51.8 Å². The van der Waals surface area contributed by atoms with Gasteiger partial charge in [-0.25, -0.2) is 9.97 Å². The van der Waals surface area contributed by atoms with E-state index in [0.29, 0.717) is 5.82 Å². The maximum Gasteiger partial charge on any atom is 0.161 e. The number of nitrogens with zero attached hydrogens (tertiary/aromatic N) is 3. The van der Waals surface area contributed by atoms with Gasteiger partial charge in [-0.2, -0.15) is 0 Å². The molecule has 0 aliphatic heterocycles. The van der Waals surface area contributed by atoms with Gasteiger partial charge in [0.05, 0.1) is 16.8 Å². The van der Waals surface area contributed by atoms with Gasteiger partial charge in [0.2, 0.25) is 0 Å². The number of furan rings is 1. The second-order valence-corrected chi connectivity index (χ2v) is 15.8. The summed E-state index contributed by atoms with van der Waals surface area (Å²) in [4.78, 5) is 15.7. The van der Waals surface area contributed by atoms with Crippen molar-refractivity contribution in [2.45, 2.75) is 5.41 Å². The van der Waals surface area contributed by atoms with Gasteiger partial charge in [-0.15, -0.1) is 0 Å². The summed E-state index contributed by atoms with van der Waals surface area (Å²) in [6.07, 6.45) is 1.88. The first-order valence-electron chi connectivity index (χ1n) is 21.0. The van der Waals surface area contributed by atoms with E-state index in [4.69, 9.17) is 19.4 Å². The third-order valence-electron chi connectivity index (χ3n) is 12.5. The first-order chi connectivity index (χ1) is 30.8. The van der Waals surface area contributed by atoms with E-state index in [9.17, 15) is 0 Å². The number of benzene rings is 8. The Morgan fingerprint density at radius 1 is 0.387 bits per heavy atom. The predicted molar refractivity (Wildman–Crippen MR) is 252 cm³/mol. The lowest BCUT2D eigenvalue weighted by Gasteiger charge is -2.34. The number of hydrogen-bond acceptors (Lipinski definition) is 4. The van der Waals surface area contributed by atoms with Crippen molar-refractivity contribution in [2.75, 3.05) is 0 Å². The van der Waals surface area contributed by atoms with E-state index in [2.05, 4.69) is 182 Å². The maximum atomic E-state index is 6.57.